The molecule has 0 aliphatic heterocycles. The summed E-state index contributed by atoms with van der Waals surface area (Å²) in [6.07, 6.45) is -2.00. The molecule has 0 aliphatic carbocycles. The van der Waals surface area contributed by atoms with Crippen LogP contribution in [0, 0.1) is 13.8 Å². The molecule has 0 radical (unpaired) electrons. The molecule has 0 spiro atoms. The van der Waals surface area contributed by atoms with Crippen molar-refractivity contribution in [3.05, 3.63) is 57.4 Å². The number of fused-ring (bicyclic) bond motifs is 1. The van der Waals surface area contributed by atoms with Gasteiger partial charge in [-0.05, 0) is 26.0 Å². The number of aryl methyl sites for hydroxylation is 1. The van der Waals surface area contributed by atoms with Gasteiger partial charge in [0.15, 0.2) is 21.7 Å². The molecule has 0 aromatic carbocycles. The minimum absolute atomic E-state index is 0.0170. The lowest BCUT2D eigenvalue weighted by Gasteiger charge is -2.08. The maximum absolute atomic E-state index is 13.1. The molecule has 4 rings (SSSR count). The second-order valence-corrected chi connectivity index (χ2v) is 8.62. The van der Waals surface area contributed by atoms with Crippen molar-refractivity contribution in [2.75, 3.05) is 5.75 Å². The van der Waals surface area contributed by atoms with Crippen molar-refractivity contribution in [3.63, 3.8) is 0 Å². The molecule has 0 atom stereocenters. The molecule has 0 N–H and O–H groups in total. The summed E-state index contributed by atoms with van der Waals surface area (Å²) in [6.45, 7) is 3.71. The van der Waals surface area contributed by atoms with Crippen molar-refractivity contribution in [1.82, 2.24) is 24.1 Å². The van der Waals surface area contributed by atoms with E-state index in [0.29, 0.717) is 5.56 Å². The summed E-state index contributed by atoms with van der Waals surface area (Å²) >= 11 is 8.38. The van der Waals surface area contributed by atoms with Gasteiger partial charge in [0.1, 0.15) is 0 Å². The maximum atomic E-state index is 13.1. The second kappa shape index (κ2) is 7.71. The quantitative estimate of drug-likeness (QED) is 0.294. The number of ketones is 1. The number of carbonyl (C=O) groups excluding carboxylic acids is 1. The Kier molecular flexibility index (Phi) is 5.37. The van der Waals surface area contributed by atoms with Crippen LogP contribution in [0.2, 0.25) is 5.02 Å². The van der Waals surface area contributed by atoms with Gasteiger partial charge in [0.2, 0.25) is 0 Å². The van der Waals surface area contributed by atoms with Gasteiger partial charge in [0.25, 0.3) is 0 Å². The maximum Gasteiger partial charge on any atom is 0.417 e. The van der Waals surface area contributed by atoms with Crippen LogP contribution in [0.1, 0.15) is 27.3 Å². The molecule has 0 bridgehead atoms. The number of nitrogens with zero attached hydrogens (tertiary/aromatic N) is 5. The lowest BCUT2D eigenvalue weighted by molar-refractivity contribution is -0.137. The van der Waals surface area contributed by atoms with Crippen molar-refractivity contribution < 1.29 is 18.0 Å². The van der Waals surface area contributed by atoms with Crippen LogP contribution < -0.4 is 0 Å². The van der Waals surface area contributed by atoms with E-state index in [2.05, 4.69) is 15.2 Å². The number of halogens is 4. The van der Waals surface area contributed by atoms with Crippen LogP contribution in [0.3, 0.4) is 0 Å². The average molecular weight is 472 g/mol. The van der Waals surface area contributed by atoms with E-state index in [1.165, 1.54) is 11.3 Å². The summed E-state index contributed by atoms with van der Waals surface area (Å²) in [6, 6.07) is 2.58. The number of aromatic nitrogens is 5. The molecule has 0 amide bonds. The molecule has 0 fully saturated rings. The standard InChI is InChI=1S/C18H13ClF3N5OS2/c1-9-5-12(10(2)27(9)16-23-3-4-29-16)14(28)8-30-17-25-24-15-13(19)6-11(7-26(15)17)18(20,21)22/h3-7H,8H2,1-2H3. The number of rotatable bonds is 5. The van der Waals surface area contributed by atoms with Gasteiger partial charge in [-0.1, -0.05) is 23.4 Å². The Balaban J connectivity index is 1.60. The lowest BCUT2D eigenvalue weighted by atomic mass is 10.2. The van der Waals surface area contributed by atoms with Crippen LogP contribution in [0.4, 0.5) is 13.2 Å². The molecule has 0 unspecified atom stereocenters. The Hall–Kier alpha value is -2.37. The zero-order valence-corrected chi connectivity index (χ0v) is 18.0. The Bertz CT molecular complexity index is 1250. The number of thiazole rings is 1. The van der Waals surface area contributed by atoms with Gasteiger partial charge in [-0.2, -0.15) is 13.2 Å². The van der Waals surface area contributed by atoms with Crippen molar-refractivity contribution in [2.45, 2.75) is 25.2 Å². The van der Waals surface area contributed by atoms with Crippen LogP contribution in [0.25, 0.3) is 10.8 Å². The highest BCUT2D eigenvalue weighted by Gasteiger charge is 2.32. The van der Waals surface area contributed by atoms with E-state index < -0.39 is 11.7 Å². The molecule has 4 heterocycles. The molecule has 12 heteroatoms. The molecule has 30 heavy (non-hydrogen) atoms. The van der Waals surface area contributed by atoms with Crippen LogP contribution in [0.15, 0.2) is 35.1 Å². The Morgan fingerprint density at radius 3 is 2.70 bits per heavy atom. The topological polar surface area (TPSA) is 65.1 Å². The largest absolute Gasteiger partial charge is 0.417 e. The predicted molar refractivity (Wildman–Crippen MR) is 109 cm³/mol. The smallest absolute Gasteiger partial charge is 0.294 e. The summed E-state index contributed by atoms with van der Waals surface area (Å²) in [5.41, 5.74) is 1.33. The number of Topliss-reactive ketones (excluding diaryl/α,β-unsaturated/α-hetero) is 1. The van der Waals surface area contributed by atoms with Gasteiger partial charge >= 0.3 is 6.18 Å². The molecular weight excluding hydrogens is 459 g/mol. The normalized spacial score (nSPS) is 12.1. The Morgan fingerprint density at radius 2 is 2.03 bits per heavy atom. The minimum Gasteiger partial charge on any atom is -0.294 e. The number of hydrogen-bond donors (Lipinski definition) is 0. The number of thioether (sulfide) groups is 1. The van der Waals surface area contributed by atoms with Crippen molar-refractivity contribution >= 4 is 46.1 Å². The number of pyridine rings is 1. The van der Waals surface area contributed by atoms with Gasteiger partial charge in [-0.15, -0.1) is 21.5 Å². The Morgan fingerprint density at radius 1 is 1.27 bits per heavy atom. The second-order valence-electron chi connectivity index (χ2n) is 6.40. The fourth-order valence-electron chi connectivity index (χ4n) is 3.06. The first kappa shape index (κ1) is 20.9. The third-order valence-corrected chi connectivity index (χ3v) is 6.41. The van der Waals surface area contributed by atoms with E-state index in [0.717, 1.165) is 44.9 Å². The summed E-state index contributed by atoms with van der Waals surface area (Å²) in [4.78, 5) is 17.1. The summed E-state index contributed by atoms with van der Waals surface area (Å²) in [5.74, 6) is -0.192. The first-order chi connectivity index (χ1) is 14.2. The summed E-state index contributed by atoms with van der Waals surface area (Å²) < 4.78 is 42.3. The highest BCUT2D eigenvalue weighted by atomic mass is 35.5. The summed E-state index contributed by atoms with van der Waals surface area (Å²) in [5, 5.41) is 10.3. The molecule has 4 aromatic heterocycles. The van der Waals surface area contributed by atoms with E-state index in [9.17, 15) is 18.0 Å². The monoisotopic (exact) mass is 471 g/mol. The fourth-order valence-corrected chi connectivity index (χ4v) is 4.85. The lowest BCUT2D eigenvalue weighted by Crippen LogP contribution is -2.08. The Labute approximate surface area is 181 Å². The molecule has 6 nitrogen and oxygen atoms in total. The minimum atomic E-state index is -4.56. The summed E-state index contributed by atoms with van der Waals surface area (Å²) in [7, 11) is 0. The SMILES string of the molecule is Cc1cc(C(=O)CSc2nnc3c(Cl)cc(C(F)(F)F)cn23)c(C)n1-c1nccs1. The van der Waals surface area contributed by atoms with Crippen LogP contribution >= 0.6 is 34.7 Å². The molecule has 0 saturated carbocycles. The average Bonchev–Trinajstić information content (AvgIpc) is 3.38. The van der Waals surface area contributed by atoms with Crippen LogP contribution in [0.5, 0.6) is 0 Å². The fraction of sp³-hybridized carbons (Fsp3) is 0.222. The van der Waals surface area contributed by atoms with E-state index in [4.69, 9.17) is 11.6 Å². The van der Waals surface area contributed by atoms with Crippen LogP contribution in [-0.4, -0.2) is 35.7 Å². The van der Waals surface area contributed by atoms with Crippen molar-refractivity contribution in [1.29, 1.82) is 0 Å². The molecule has 156 valence electrons. The van der Waals surface area contributed by atoms with Crippen LogP contribution in [-0.2, 0) is 6.18 Å². The van der Waals surface area contributed by atoms with E-state index >= 15 is 0 Å². The molecule has 4 aromatic rings. The van der Waals surface area contributed by atoms with Gasteiger partial charge < -0.3 is 0 Å². The van der Waals surface area contributed by atoms with E-state index in [1.807, 2.05) is 23.8 Å². The van der Waals surface area contributed by atoms with Gasteiger partial charge in [-0.3, -0.25) is 13.8 Å². The van der Waals surface area contributed by atoms with Gasteiger partial charge in [0.05, 0.1) is 16.3 Å². The zero-order chi connectivity index (χ0) is 21.6. The van der Waals surface area contributed by atoms with Gasteiger partial charge in [0, 0.05) is 34.7 Å². The predicted octanol–water partition coefficient (Wildman–Crippen LogP) is 5.24. The number of alkyl halides is 3. The first-order valence-corrected chi connectivity index (χ1v) is 10.8. The number of hydrogen-bond acceptors (Lipinski definition) is 6. The third-order valence-electron chi connectivity index (χ3n) is 4.43. The van der Waals surface area contributed by atoms with Crippen molar-refractivity contribution in [3.8, 4) is 5.13 Å². The zero-order valence-electron chi connectivity index (χ0n) is 15.6. The van der Waals surface area contributed by atoms with Crippen molar-refractivity contribution in [2.24, 2.45) is 0 Å². The molecular formula is C18H13ClF3N5OS2. The molecule has 0 aliphatic rings. The first-order valence-electron chi connectivity index (χ1n) is 8.53. The van der Waals surface area contributed by atoms with E-state index in [-0.39, 0.29) is 27.4 Å². The third kappa shape index (κ3) is 3.72. The highest BCUT2D eigenvalue weighted by molar-refractivity contribution is 7.99. The van der Waals surface area contributed by atoms with Gasteiger partial charge in [-0.25, -0.2) is 4.98 Å². The highest BCUT2D eigenvalue weighted by Crippen LogP contribution is 2.33. The number of carbonyl (C=O) groups is 1. The van der Waals surface area contributed by atoms with E-state index in [1.54, 1.807) is 12.3 Å². The molecule has 0 saturated heterocycles.